The highest BCUT2D eigenvalue weighted by molar-refractivity contribution is 8.00. The molecule has 6 heteroatoms. The first-order valence-corrected chi connectivity index (χ1v) is 10.6. The monoisotopic (exact) mass is 421 g/mol. The number of hydrogen-bond acceptors (Lipinski definition) is 3. The van der Waals surface area contributed by atoms with Crippen molar-refractivity contribution in [1.29, 1.82) is 0 Å². The van der Waals surface area contributed by atoms with Gasteiger partial charge in [0.05, 0.1) is 28.7 Å². The average Bonchev–Trinajstić information content (AvgIpc) is 3.22. The summed E-state index contributed by atoms with van der Waals surface area (Å²) < 4.78 is 0. The molecule has 0 aliphatic carbocycles. The SMILES string of the molecule is CC(Sc1ccc(Cl)cc1)C(=O)NC(c1ccccc1)c1ccc2nc[nH]c2c1. The number of nitrogens with one attached hydrogen (secondary N) is 2. The molecule has 1 amide bonds. The van der Waals surface area contributed by atoms with Crippen molar-refractivity contribution in [3.05, 3.63) is 95.3 Å². The lowest BCUT2D eigenvalue weighted by atomic mass is 9.98. The van der Waals surface area contributed by atoms with E-state index in [1.165, 1.54) is 11.8 Å². The summed E-state index contributed by atoms with van der Waals surface area (Å²) in [6.07, 6.45) is 1.68. The number of hydrogen-bond donors (Lipinski definition) is 2. The van der Waals surface area contributed by atoms with E-state index in [0.717, 1.165) is 27.1 Å². The molecule has 4 rings (SSSR count). The lowest BCUT2D eigenvalue weighted by molar-refractivity contribution is -0.120. The van der Waals surface area contributed by atoms with E-state index in [1.807, 2.05) is 79.7 Å². The minimum absolute atomic E-state index is 0.0245. The van der Waals surface area contributed by atoms with E-state index in [1.54, 1.807) is 6.33 Å². The van der Waals surface area contributed by atoms with Gasteiger partial charge in [0, 0.05) is 9.92 Å². The molecule has 3 aromatic carbocycles. The second-order valence-corrected chi connectivity index (χ2v) is 8.60. The van der Waals surface area contributed by atoms with Crippen molar-refractivity contribution in [2.24, 2.45) is 0 Å². The highest BCUT2D eigenvalue weighted by Crippen LogP contribution is 2.28. The lowest BCUT2D eigenvalue weighted by Crippen LogP contribution is -2.34. The number of halogens is 1. The number of thioether (sulfide) groups is 1. The standard InChI is InChI=1S/C23H20ClN3OS/c1-15(29-19-10-8-18(24)9-11-19)23(28)27-22(16-5-3-2-4-6-16)17-7-12-20-21(13-17)26-14-25-20/h2-15,22H,1H3,(H,25,26)(H,27,28). The van der Waals surface area contributed by atoms with Gasteiger partial charge in [-0.3, -0.25) is 4.79 Å². The molecule has 0 aliphatic heterocycles. The van der Waals surface area contributed by atoms with Crippen LogP contribution in [0.5, 0.6) is 0 Å². The maximum Gasteiger partial charge on any atom is 0.233 e. The molecule has 2 unspecified atom stereocenters. The number of nitrogens with zero attached hydrogens (tertiary/aromatic N) is 1. The van der Waals surface area contributed by atoms with Crippen molar-refractivity contribution in [2.45, 2.75) is 23.1 Å². The lowest BCUT2D eigenvalue weighted by Gasteiger charge is -2.22. The van der Waals surface area contributed by atoms with E-state index in [4.69, 9.17) is 11.6 Å². The molecule has 29 heavy (non-hydrogen) atoms. The molecule has 0 fully saturated rings. The van der Waals surface area contributed by atoms with Crippen molar-refractivity contribution in [3.63, 3.8) is 0 Å². The molecule has 1 aromatic heterocycles. The Hall–Kier alpha value is -2.76. The first kappa shape index (κ1) is 19.6. The van der Waals surface area contributed by atoms with Gasteiger partial charge in [-0.05, 0) is 54.4 Å². The van der Waals surface area contributed by atoms with E-state index < -0.39 is 0 Å². The minimum Gasteiger partial charge on any atom is -0.345 e. The summed E-state index contributed by atoms with van der Waals surface area (Å²) in [5, 5.41) is 3.65. The Morgan fingerprint density at radius 3 is 2.55 bits per heavy atom. The number of benzene rings is 3. The summed E-state index contributed by atoms with van der Waals surface area (Å²) in [4.78, 5) is 21.4. The zero-order valence-electron chi connectivity index (χ0n) is 15.8. The van der Waals surface area contributed by atoms with E-state index >= 15 is 0 Å². The van der Waals surface area contributed by atoms with Gasteiger partial charge in [0.15, 0.2) is 0 Å². The van der Waals surface area contributed by atoms with Gasteiger partial charge >= 0.3 is 0 Å². The largest absolute Gasteiger partial charge is 0.345 e. The van der Waals surface area contributed by atoms with Crippen LogP contribution in [0.2, 0.25) is 5.02 Å². The van der Waals surface area contributed by atoms with Crippen LogP contribution in [-0.4, -0.2) is 21.1 Å². The Labute approximate surface area is 178 Å². The third kappa shape index (κ3) is 4.63. The molecule has 0 aliphatic rings. The maximum absolute atomic E-state index is 13.0. The Morgan fingerprint density at radius 2 is 1.79 bits per heavy atom. The van der Waals surface area contributed by atoms with Gasteiger partial charge in [-0.2, -0.15) is 0 Å². The van der Waals surface area contributed by atoms with Crippen LogP contribution in [0.1, 0.15) is 24.1 Å². The van der Waals surface area contributed by atoms with E-state index in [-0.39, 0.29) is 17.2 Å². The maximum atomic E-state index is 13.0. The smallest absolute Gasteiger partial charge is 0.233 e. The van der Waals surface area contributed by atoms with E-state index in [0.29, 0.717) is 5.02 Å². The van der Waals surface area contributed by atoms with Crippen LogP contribution in [0, 0.1) is 0 Å². The highest BCUT2D eigenvalue weighted by atomic mass is 35.5. The number of carbonyl (C=O) groups excluding carboxylic acids is 1. The third-order valence-corrected chi connectivity index (χ3v) is 6.06. The summed E-state index contributed by atoms with van der Waals surface area (Å²) in [7, 11) is 0. The molecule has 2 N–H and O–H groups in total. The van der Waals surface area contributed by atoms with E-state index in [9.17, 15) is 4.79 Å². The fourth-order valence-electron chi connectivity index (χ4n) is 3.17. The first-order valence-electron chi connectivity index (χ1n) is 9.31. The molecule has 146 valence electrons. The van der Waals surface area contributed by atoms with Crippen LogP contribution in [0.3, 0.4) is 0 Å². The van der Waals surface area contributed by atoms with Gasteiger partial charge in [0.2, 0.25) is 5.91 Å². The number of aromatic nitrogens is 2. The molecule has 1 heterocycles. The second kappa shape index (κ2) is 8.72. The number of aromatic amines is 1. The van der Waals surface area contributed by atoms with Gasteiger partial charge in [-0.1, -0.05) is 48.0 Å². The molecular weight excluding hydrogens is 402 g/mol. The molecule has 0 spiro atoms. The molecule has 4 aromatic rings. The highest BCUT2D eigenvalue weighted by Gasteiger charge is 2.21. The third-order valence-electron chi connectivity index (χ3n) is 4.69. The van der Waals surface area contributed by atoms with E-state index in [2.05, 4.69) is 15.3 Å². The molecule has 0 saturated carbocycles. The number of rotatable bonds is 6. The molecule has 0 bridgehead atoms. The summed E-state index contributed by atoms with van der Waals surface area (Å²) in [6, 6.07) is 23.3. The van der Waals surface area contributed by atoms with Gasteiger partial charge in [-0.15, -0.1) is 11.8 Å². The minimum atomic E-state index is -0.252. The van der Waals surface area contributed by atoms with Crippen LogP contribution in [-0.2, 0) is 4.79 Å². The van der Waals surface area contributed by atoms with Crippen LogP contribution in [0.4, 0.5) is 0 Å². The van der Waals surface area contributed by atoms with Crippen molar-refractivity contribution in [1.82, 2.24) is 15.3 Å². The number of H-pyrrole nitrogens is 1. The zero-order valence-corrected chi connectivity index (χ0v) is 17.4. The van der Waals surface area contributed by atoms with Crippen molar-refractivity contribution < 1.29 is 4.79 Å². The normalized spacial score (nSPS) is 13.2. The van der Waals surface area contributed by atoms with Crippen LogP contribution in [0.25, 0.3) is 11.0 Å². The van der Waals surface area contributed by atoms with Crippen molar-refractivity contribution in [3.8, 4) is 0 Å². The molecular formula is C23H20ClN3OS. The molecule has 0 saturated heterocycles. The van der Waals surface area contributed by atoms with Crippen molar-refractivity contribution >= 4 is 40.3 Å². The number of amides is 1. The summed E-state index contributed by atoms with van der Waals surface area (Å²) >= 11 is 7.46. The van der Waals surface area contributed by atoms with Crippen molar-refractivity contribution in [2.75, 3.05) is 0 Å². The molecule has 2 atom stereocenters. The Balaban J connectivity index is 1.57. The average molecular weight is 422 g/mol. The molecule has 4 nitrogen and oxygen atoms in total. The predicted octanol–water partition coefficient (Wildman–Crippen LogP) is 5.60. The summed E-state index contributed by atoms with van der Waals surface area (Å²) in [5.74, 6) is -0.0245. The fourth-order valence-corrected chi connectivity index (χ4v) is 4.17. The van der Waals surface area contributed by atoms with Gasteiger partial charge in [0.25, 0.3) is 0 Å². The second-order valence-electron chi connectivity index (χ2n) is 6.75. The molecule has 0 radical (unpaired) electrons. The Morgan fingerprint density at radius 1 is 1.03 bits per heavy atom. The van der Waals surface area contributed by atoms with Crippen LogP contribution in [0.15, 0.2) is 84.0 Å². The van der Waals surface area contributed by atoms with Gasteiger partial charge < -0.3 is 10.3 Å². The number of fused-ring (bicyclic) bond motifs is 1. The fraction of sp³-hybridized carbons (Fsp3) is 0.130. The Bertz CT molecular complexity index is 1110. The van der Waals surface area contributed by atoms with Crippen LogP contribution < -0.4 is 5.32 Å². The van der Waals surface area contributed by atoms with Gasteiger partial charge in [-0.25, -0.2) is 4.98 Å². The van der Waals surface area contributed by atoms with Gasteiger partial charge in [0.1, 0.15) is 0 Å². The number of imidazole rings is 1. The Kier molecular flexibility index (Phi) is 5.88. The zero-order chi connectivity index (χ0) is 20.2. The first-order chi connectivity index (χ1) is 14.1. The topological polar surface area (TPSA) is 57.8 Å². The quantitative estimate of drug-likeness (QED) is 0.398. The predicted molar refractivity (Wildman–Crippen MR) is 119 cm³/mol. The number of carbonyl (C=O) groups is 1. The summed E-state index contributed by atoms with van der Waals surface area (Å²) in [6.45, 7) is 1.91. The summed E-state index contributed by atoms with van der Waals surface area (Å²) in [5.41, 5.74) is 3.88. The van der Waals surface area contributed by atoms with Crippen LogP contribution >= 0.6 is 23.4 Å².